The van der Waals surface area contributed by atoms with Crippen LogP contribution < -0.4 is 11.5 Å². The minimum absolute atomic E-state index is 0.174. The van der Waals surface area contributed by atoms with Crippen LogP contribution in [0.4, 0.5) is 10.1 Å². The van der Waals surface area contributed by atoms with Gasteiger partial charge >= 0.3 is 0 Å². The number of aromatic nitrogens is 2. The second-order valence-corrected chi connectivity index (χ2v) is 4.42. The third kappa shape index (κ3) is 2.13. The Kier molecular flexibility index (Phi) is 3.74. The van der Waals surface area contributed by atoms with E-state index in [-0.39, 0.29) is 5.56 Å². The first-order chi connectivity index (χ1) is 9.51. The summed E-state index contributed by atoms with van der Waals surface area (Å²) in [5.74, 6) is -1.49. The van der Waals surface area contributed by atoms with E-state index >= 15 is 0 Å². The number of nitrogens with zero attached hydrogens (tertiary/aromatic N) is 2. The fourth-order valence-corrected chi connectivity index (χ4v) is 2.25. The quantitative estimate of drug-likeness (QED) is 0.892. The molecule has 2 aromatic rings. The smallest absolute Gasteiger partial charge is 0.253 e. The van der Waals surface area contributed by atoms with Crippen LogP contribution in [-0.4, -0.2) is 15.7 Å². The zero-order valence-electron chi connectivity index (χ0n) is 11.5. The van der Waals surface area contributed by atoms with E-state index in [1.54, 1.807) is 6.07 Å². The highest BCUT2D eigenvalue weighted by Crippen LogP contribution is 2.25. The molecule has 0 bridgehead atoms. The summed E-state index contributed by atoms with van der Waals surface area (Å²) in [7, 11) is 0. The number of amides is 1. The summed E-state index contributed by atoms with van der Waals surface area (Å²) in [5.41, 5.74) is 13.5. The maximum Gasteiger partial charge on any atom is 0.253 e. The minimum atomic E-state index is -0.827. The molecule has 0 aliphatic rings. The van der Waals surface area contributed by atoms with Gasteiger partial charge in [-0.25, -0.2) is 9.07 Å². The van der Waals surface area contributed by atoms with E-state index in [2.05, 4.69) is 5.10 Å². The van der Waals surface area contributed by atoms with Crippen LogP contribution in [0.15, 0.2) is 18.2 Å². The number of aryl methyl sites for hydroxylation is 1. The predicted octanol–water partition coefficient (Wildman–Crippen LogP) is 1.82. The number of hydrogen-bond donors (Lipinski definition) is 2. The molecule has 1 amide bonds. The molecule has 1 heterocycles. The molecule has 0 atom stereocenters. The van der Waals surface area contributed by atoms with Crippen LogP contribution in [0, 0.1) is 5.82 Å². The topological polar surface area (TPSA) is 86.9 Å². The molecular formula is C14H17FN4O. The Bertz CT molecular complexity index is 663. The third-order valence-corrected chi connectivity index (χ3v) is 3.23. The van der Waals surface area contributed by atoms with Crippen LogP contribution in [0.25, 0.3) is 5.69 Å². The fourth-order valence-electron chi connectivity index (χ4n) is 2.25. The second kappa shape index (κ2) is 5.32. The summed E-state index contributed by atoms with van der Waals surface area (Å²) in [6, 6.07) is 4.32. The molecule has 4 N–H and O–H groups in total. The van der Waals surface area contributed by atoms with Crippen LogP contribution >= 0.6 is 0 Å². The molecule has 0 aliphatic carbocycles. The van der Waals surface area contributed by atoms with E-state index in [9.17, 15) is 9.18 Å². The van der Waals surface area contributed by atoms with Crippen molar-refractivity contribution in [1.29, 1.82) is 0 Å². The first-order valence-electron chi connectivity index (χ1n) is 6.46. The Hall–Kier alpha value is -2.37. The molecule has 0 spiro atoms. The van der Waals surface area contributed by atoms with Gasteiger partial charge in [0.1, 0.15) is 11.4 Å². The van der Waals surface area contributed by atoms with Crippen molar-refractivity contribution in [3.8, 4) is 5.69 Å². The summed E-state index contributed by atoms with van der Waals surface area (Å²) < 4.78 is 15.3. The molecule has 106 valence electrons. The molecule has 0 saturated heterocycles. The first kappa shape index (κ1) is 14.0. The zero-order valence-corrected chi connectivity index (χ0v) is 11.5. The number of anilines is 1. The standard InChI is InChI=1S/C14H17FN4O/c1-3-9-13(16)10(4-2)19(18-9)11-7-5-6-8(15)12(11)14(17)20/h5-7H,3-4,16H2,1-2H3,(H2,17,20). The van der Waals surface area contributed by atoms with Gasteiger partial charge in [-0.3, -0.25) is 4.79 Å². The number of nitrogens with two attached hydrogens (primary N) is 2. The monoisotopic (exact) mass is 276 g/mol. The van der Waals surface area contributed by atoms with Crippen molar-refractivity contribution in [1.82, 2.24) is 9.78 Å². The van der Waals surface area contributed by atoms with Crippen molar-refractivity contribution in [3.05, 3.63) is 41.0 Å². The van der Waals surface area contributed by atoms with E-state index in [1.165, 1.54) is 16.8 Å². The maximum absolute atomic E-state index is 13.8. The van der Waals surface area contributed by atoms with Crippen LogP contribution in [0.2, 0.25) is 0 Å². The first-order valence-corrected chi connectivity index (χ1v) is 6.46. The molecule has 1 aromatic heterocycles. The molecule has 0 aliphatic heterocycles. The predicted molar refractivity (Wildman–Crippen MR) is 75.2 cm³/mol. The van der Waals surface area contributed by atoms with E-state index in [1.807, 2.05) is 13.8 Å². The lowest BCUT2D eigenvalue weighted by Crippen LogP contribution is -2.18. The second-order valence-electron chi connectivity index (χ2n) is 4.42. The Labute approximate surface area is 116 Å². The Morgan fingerprint density at radius 3 is 2.60 bits per heavy atom. The van der Waals surface area contributed by atoms with Gasteiger partial charge in [-0.1, -0.05) is 19.9 Å². The molecule has 5 nitrogen and oxygen atoms in total. The summed E-state index contributed by atoms with van der Waals surface area (Å²) in [6.45, 7) is 3.86. The lowest BCUT2D eigenvalue weighted by molar-refractivity contribution is 0.0996. The Morgan fingerprint density at radius 1 is 1.35 bits per heavy atom. The normalized spacial score (nSPS) is 10.8. The number of carbonyl (C=O) groups excluding carboxylic acids is 1. The van der Waals surface area contributed by atoms with Crippen LogP contribution in [-0.2, 0) is 12.8 Å². The van der Waals surface area contributed by atoms with Crippen molar-refractivity contribution in [2.24, 2.45) is 5.73 Å². The number of carbonyl (C=O) groups is 1. The Balaban J connectivity index is 2.75. The number of rotatable bonds is 4. The van der Waals surface area contributed by atoms with Gasteiger partial charge in [0.05, 0.1) is 22.8 Å². The van der Waals surface area contributed by atoms with E-state index in [4.69, 9.17) is 11.5 Å². The van der Waals surface area contributed by atoms with Crippen LogP contribution in [0.1, 0.15) is 35.6 Å². The highest BCUT2D eigenvalue weighted by molar-refractivity contribution is 5.96. The average Bonchev–Trinajstić information content (AvgIpc) is 2.74. The highest BCUT2D eigenvalue weighted by Gasteiger charge is 2.20. The number of nitrogen functional groups attached to an aromatic ring is 1. The molecular weight excluding hydrogens is 259 g/mol. The molecule has 2 rings (SSSR count). The summed E-state index contributed by atoms with van der Waals surface area (Å²) in [6.07, 6.45) is 1.28. The van der Waals surface area contributed by atoms with Gasteiger partial charge in [0.15, 0.2) is 0 Å². The summed E-state index contributed by atoms with van der Waals surface area (Å²) >= 11 is 0. The van der Waals surface area contributed by atoms with Crippen molar-refractivity contribution in [3.63, 3.8) is 0 Å². The summed E-state index contributed by atoms with van der Waals surface area (Å²) in [5, 5.41) is 4.37. The third-order valence-electron chi connectivity index (χ3n) is 3.23. The average molecular weight is 276 g/mol. The van der Waals surface area contributed by atoms with Crippen molar-refractivity contribution in [2.75, 3.05) is 5.73 Å². The number of benzene rings is 1. The van der Waals surface area contributed by atoms with Crippen LogP contribution in [0.3, 0.4) is 0 Å². The highest BCUT2D eigenvalue weighted by atomic mass is 19.1. The van der Waals surface area contributed by atoms with E-state index < -0.39 is 11.7 Å². The maximum atomic E-state index is 13.8. The minimum Gasteiger partial charge on any atom is -0.396 e. The van der Waals surface area contributed by atoms with Crippen LogP contribution in [0.5, 0.6) is 0 Å². The largest absolute Gasteiger partial charge is 0.396 e. The number of hydrogen-bond acceptors (Lipinski definition) is 3. The van der Waals surface area contributed by atoms with Gasteiger partial charge in [0.25, 0.3) is 5.91 Å². The zero-order chi connectivity index (χ0) is 14.9. The molecule has 20 heavy (non-hydrogen) atoms. The van der Waals surface area contributed by atoms with Gasteiger partial charge in [0, 0.05) is 0 Å². The molecule has 1 aromatic carbocycles. The fraction of sp³-hybridized carbons (Fsp3) is 0.286. The van der Waals surface area contributed by atoms with Gasteiger partial charge in [-0.05, 0) is 25.0 Å². The Morgan fingerprint density at radius 2 is 2.05 bits per heavy atom. The lowest BCUT2D eigenvalue weighted by atomic mass is 10.1. The number of halogens is 1. The van der Waals surface area contributed by atoms with Crippen molar-refractivity contribution in [2.45, 2.75) is 26.7 Å². The van der Waals surface area contributed by atoms with Gasteiger partial charge in [-0.2, -0.15) is 5.10 Å². The molecule has 0 radical (unpaired) electrons. The van der Waals surface area contributed by atoms with Gasteiger partial charge in [-0.15, -0.1) is 0 Å². The lowest BCUT2D eigenvalue weighted by Gasteiger charge is -2.10. The van der Waals surface area contributed by atoms with E-state index in [0.29, 0.717) is 24.2 Å². The molecule has 0 unspecified atom stereocenters. The SMILES string of the molecule is CCc1nn(-c2cccc(F)c2C(N)=O)c(CC)c1N. The van der Waals surface area contributed by atoms with E-state index in [0.717, 1.165) is 11.4 Å². The molecule has 6 heteroatoms. The molecule has 0 fully saturated rings. The van der Waals surface area contributed by atoms with Crippen molar-refractivity contribution < 1.29 is 9.18 Å². The van der Waals surface area contributed by atoms with Gasteiger partial charge < -0.3 is 11.5 Å². The summed E-state index contributed by atoms with van der Waals surface area (Å²) in [4.78, 5) is 11.5. The number of primary amides is 1. The van der Waals surface area contributed by atoms with Crippen molar-refractivity contribution >= 4 is 11.6 Å². The molecule has 0 saturated carbocycles. The van der Waals surface area contributed by atoms with Gasteiger partial charge in [0.2, 0.25) is 0 Å².